The molecule has 0 aliphatic carbocycles. The van der Waals surface area contributed by atoms with Crippen molar-refractivity contribution in [1.82, 2.24) is 0 Å². The normalized spacial score (nSPS) is 22.3. The molecule has 0 aromatic rings. The molecule has 1 heterocycles. The maximum absolute atomic E-state index is 11.3. The first-order valence-electron chi connectivity index (χ1n) is 7.64. The summed E-state index contributed by atoms with van der Waals surface area (Å²) >= 11 is 0. The molecule has 0 bridgehead atoms. The maximum atomic E-state index is 11.3. The molecule has 1 fully saturated rings. The monoisotopic (exact) mass is 288 g/mol. The Bertz CT molecular complexity index is 272. The minimum atomic E-state index is -0.0999. The predicted octanol–water partition coefficient (Wildman–Crippen LogP) is -2.32. The molecule has 6 nitrogen and oxygen atoms in total. The Morgan fingerprint density at radius 2 is 1.15 bits per heavy atom. The van der Waals surface area contributed by atoms with Crippen molar-refractivity contribution in [1.29, 1.82) is 0 Å². The molecule has 1 aliphatic rings. The van der Waals surface area contributed by atoms with E-state index in [2.05, 4.69) is 0 Å². The molecular weight excluding hydrogens is 260 g/mol. The summed E-state index contributed by atoms with van der Waals surface area (Å²) in [4.78, 5) is 25.5. The first-order chi connectivity index (χ1) is 9.65. The van der Waals surface area contributed by atoms with E-state index < -0.39 is 0 Å². The Kier molecular flexibility index (Phi) is 8.22. The molecule has 0 atom stereocenters. The third-order valence-electron chi connectivity index (χ3n) is 3.64. The smallest absolute Gasteiger partial charge is 0.311 e. The van der Waals surface area contributed by atoms with Crippen molar-refractivity contribution >= 4 is 11.9 Å². The van der Waals surface area contributed by atoms with Gasteiger partial charge in [0.2, 0.25) is 0 Å². The minimum absolute atomic E-state index is 0.0999. The lowest BCUT2D eigenvalue weighted by Gasteiger charge is -2.29. The van der Waals surface area contributed by atoms with Crippen LogP contribution in [0.15, 0.2) is 0 Å². The van der Waals surface area contributed by atoms with E-state index in [9.17, 15) is 9.59 Å². The average Bonchev–Trinajstić information content (AvgIpc) is 2.45. The van der Waals surface area contributed by atoms with Crippen molar-refractivity contribution in [3.05, 3.63) is 0 Å². The van der Waals surface area contributed by atoms with Gasteiger partial charge in [-0.1, -0.05) is 0 Å². The summed E-state index contributed by atoms with van der Waals surface area (Å²) in [5.74, 6) is -0.200. The Morgan fingerprint density at radius 3 is 1.45 bits per heavy atom. The van der Waals surface area contributed by atoms with Crippen LogP contribution in [-0.2, 0) is 19.1 Å². The zero-order chi connectivity index (χ0) is 14.8. The molecule has 0 aromatic heterocycles. The molecule has 1 rings (SSSR count). The number of hydrogen-bond donors (Lipinski definition) is 2. The molecule has 0 spiro atoms. The zero-order valence-corrected chi connectivity index (χ0v) is 12.7. The van der Waals surface area contributed by atoms with Crippen LogP contribution in [0.5, 0.6) is 0 Å². The fourth-order valence-electron chi connectivity index (χ4n) is 2.48. The number of rotatable bonds is 8. The molecular formula is C14H28N2O4+2. The molecule has 20 heavy (non-hydrogen) atoms. The molecule has 0 saturated carbocycles. The number of esters is 2. The van der Waals surface area contributed by atoms with Crippen molar-refractivity contribution in [2.24, 2.45) is 0 Å². The van der Waals surface area contributed by atoms with Crippen LogP contribution in [0, 0.1) is 0 Å². The molecule has 2 N–H and O–H groups in total. The Hall–Kier alpha value is -1.14. The highest BCUT2D eigenvalue weighted by molar-refractivity contribution is 5.69. The van der Waals surface area contributed by atoms with Gasteiger partial charge in [0, 0.05) is 0 Å². The zero-order valence-electron chi connectivity index (χ0n) is 12.7. The number of hydrogen-bond acceptors (Lipinski definition) is 4. The number of ether oxygens (including phenoxy) is 2. The number of piperazine rings is 1. The van der Waals surface area contributed by atoms with Crippen molar-refractivity contribution in [3.63, 3.8) is 0 Å². The van der Waals surface area contributed by atoms with Crippen LogP contribution < -0.4 is 9.80 Å². The standard InChI is InChI=1S/C14H26N2O4/c1-3-19-13(17)5-7-15-9-11-16(12-10-15)8-6-14(18)20-4-2/h3-12H2,1-2H3/p+2. The molecule has 0 amide bonds. The van der Waals surface area contributed by atoms with Gasteiger partial charge in [-0.25, -0.2) is 0 Å². The first-order valence-corrected chi connectivity index (χ1v) is 7.64. The van der Waals surface area contributed by atoms with Crippen LogP contribution >= 0.6 is 0 Å². The SMILES string of the molecule is CCOC(=O)CC[NH+]1CC[NH+](CCC(=O)OCC)CC1. The molecule has 0 unspecified atom stereocenters. The van der Waals surface area contributed by atoms with Gasteiger partial charge >= 0.3 is 11.9 Å². The van der Waals surface area contributed by atoms with Crippen molar-refractivity contribution in [2.45, 2.75) is 26.7 Å². The molecule has 1 saturated heterocycles. The quantitative estimate of drug-likeness (QED) is 0.492. The van der Waals surface area contributed by atoms with Gasteiger partial charge in [0.15, 0.2) is 0 Å². The van der Waals surface area contributed by atoms with Gasteiger partial charge in [-0.15, -0.1) is 0 Å². The molecule has 116 valence electrons. The van der Waals surface area contributed by atoms with E-state index in [1.165, 1.54) is 9.80 Å². The van der Waals surface area contributed by atoms with E-state index in [1.54, 1.807) is 0 Å². The Labute approximate surface area is 121 Å². The van der Waals surface area contributed by atoms with Crippen molar-refractivity contribution in [2.75, 3.05) is 52.5 Å². The minimum Gasteiger partial charge on any atom is -0.466 e. The van der Waals surface area contributed by atoms with E-state index in [0.717, 1.165) is 39.3 Å². The highest BCUT2D eigenvalue weighted by Crippen LogP contribution is 1.83. The van der Waals surface area contributed by atoms with E-state index in [1.807, 2.05) is 13.8 Å². The summed E-state index contributed by atoms with van der Waals surface area (Å²) < 4.78 is 9.87. The number of quaternary nitrogens is 2. The fraction of sp³-hybridized carbons (Fsp3) is 0.857. The van der Waals surface area contributed by atoms with Crippen LogP contribution in [0.2, 0.25) is 0 Å². The third-order valence-corrected chi connectivity index (χ3v) is 3.64. The number of nitrogens with one attached hydrogen (secondary N) is 2. The largest absolute Gasteiger partial charge is 0.466 e. The lowest BCUT2D eigenvalue weighted by Crippen LogP contribution is -3.28. The summed E-state index contributed by atoms with van der Waals surface area (Å²) in [5, 5.41) is 0. The average molecular weight is 288 g/mol. The Balaban J connectivity index is 2.10. The lowest BCUT2D eigenvalue weighted by atomic mass is 10.2. The highest BCUT2D eigenvalue weighted by atomic mass is 16.5. The van der Waals surface area contributed by atoms with E-state index in [4.69, 9.17) is 9.47 Å². The molecule has 0 aromatic carbocycles. The van der Waals surface area contributed by atoms with E-state index >= 15 is 0 Å². The predicted molar refractivity (Wildman–Crippen MR) is 73.6 cm³/mol. The summed E-state index contributed by atoms with van der Waals surface area (Å²) in [5.41, 5.74) is 0. The second-order valence-electron chi connectivity index (χ2n) is 5.11. The van der Waals surface area contributed by atoms with Gasteiger partial charge in [0.25, 0.3) is 0 Å². The highest BCUT2D eigenvalue weighted by Gasteiger charge is 2.23. The van der Waals surface area contributed by atoms with Gasteiger partial charge in [-0.3, -0.25) is 9.59 Å². The second kappa shape index (κ2) is 9.72. The van der Waals surface area contributed by atoms with Crippen LogP contribution in [0.4, 0.5) is 0 Å². The third kappa shape index (κ3) is 6.86. The molecule has 6 heteroatoms. The first kappa shape index (κ1) is 16.9. The van der Waals surface area contributed by atoms with Crippen molar-refractivity contribution < 1.29 is 28.9 Å². The summed E-state index contributed by atoms with van der Waals surface area (Å²) in [6, 6.07) is 0. The van der Waals surface area contributed by atoms with Crippen LogP contribution in [0.3, 0.4) is 0 Å². The van der Waals surface area contributed by atoms with Crippen LogP contribution in [0.1, 0.15) is 26.7 Å². The molecule has 1 aliphatic heterocycles. The van der Waals surface area contributed by atoms with Crippen LogP contribution in [0.25, 0.3) is 0 Å². The van der Waals surface area contributed by atoms with Gasteiger partial charge in [-0.05, 0) is 13.8 Å². The maximum Gasteiger partial charge on any atom is 0.311 e. The summed E-state index contributed by atoms with van der Waals surface area (Å²) in [6.45, 7) is 10.5. The van der Waals surface area contributed by atoms with Gasteiger partial charge in [0.05, 0.1) is 39.1 Å². The number of carbonyl (C=O) groups excluding carboxylic acids is 2. The van der Waals surface area contributed by atoms with Crippen molar-refractivity contribution in [3.8, 4) is 0 Å². The molecule has 0 radical (unpaired) electrons. The van der Waals surface area contributed by atoms with E-state index in [0.29, 0.717) is 26.1 Å². The topological polar surface area (TPSA) is 61.5 Å². The Morgan fingerprint density at radius 1 is 0.800 bits per heavy atom. The summed E-state index contributed by atoms with van der Waals surface area (Å²) in [6.07, 6.45) is 1.00. The van der Waals surface area contributed by atoms with Gasteiger partial charge in [-0.2, -0.15) is 0 Å². The van der Waals surface area contributed by atoms with Gasteiger partial charge in [0.1, 0.15) is 26.2 Å². The number of carbonyl (C=O) groups is 2. The van der Waals surface area contributed by atoms with Crippen LogP contribution in [-0.4, -0.2) is 64.4 Å². The fourth-order valence-corrected chi connectivity index (χ4v) is 2.48. The second-order valence-corrected chi connectivity index (χ2v) is 5.11. The lowest BCUT2D eigenvalue weighted by molar-refractivity contribution is -1.01. The van der Waals surface area contributed by atoms with E-state index in [-0.39, 0.29) is 11.9 Å². The summed E-state index contributed by atoms with van der Waals surface area (Å²) in [7, 11) is 0. The van der Waals surface area contributed by atoms with Gasteiger partial charge < -0.3 is 19.3 Å².